The third kappa shape index (κ3) is 2.34. The van der Waals surface area contributed by atoms with Crippen LogP contribution in [0.3, 0.4) is 0 Å². The average molecular weight is 274 g/mol. The Labute approximate surface area is 119 Å². The van der Waals surface area contributed by atoms with E-state index in [9.17, 15) is 5.11 Å². The molecule has 0 radical (unpaired) electrons. The first-order chi connectivity index (χ1) is 9.65. The first kappa shape index (κ1) is 13.6. The van der Waals surface area contributed by atoms with E-state index in [0.717, 1.165) is 23.1 Å². The molecule has 0 unspecified atom stereocenters. The monoisotopic (exact) mass is 274 g/mol. The first-order valence-electron chi connectivity index (χ1n) is 7.43. The van der Waals surface area contributed by atoms with Gasteiger partial charge in [-0.15, -0.1) is 0 Å². The molecule has 0 saturated heterocycles. The van der Waals surface area contributed by atoms with Crippen LogP contribution in [0.25, 0.3) is 10.9 Å². The molecule has 1 heterocycles. The van der Waals surface area contributed by atoms with Gasteiger partial charge in [-0.2, -0.15) is 5.10 Å². The zero-order chi connectivity index (χ0) is 14.2. The van der Waals surface area contributed by atoms with E-state index in [2.05, 4.69) is 24.2 Å². The van der Waals surface area contributed by atoms with Gasteiger partial charge >= 0.3 is 0 Å². The molecule has 1 aromatic heterocycles. The molecule has 1 saturated carbocycles. The fourth-order valence-corrected chi connectivity index (χ4v) is 3.17. The minimum absolute atomic E-state index is 0.213. The number of para-hydroxylation sites is 1. The summed E-state index contributed by atoms with van der Waals surface area (Å²) >= 11 is 0. The van der Waals surface area contributed by atoms with Gasteiger partial charge in [-0.05, 0) is 19.9 Å². The second-order valence-electron chi connectivity index (χ2n) is 5.67. The van der Waals surface area contributed by atoms with Gasteiger partial charge in [-0.1, -0.05) is 18.2 Å². The Balaban J connectivity index is 1.82. The van der Waals surface area contributed by atoms with Crippen molar-refractivity contribution in [3.8, 4) is 0 Å². The van der Waals surface area contributed by atoms with Crippen LogP contribution in [-0.4, -0.2) is 33.2 Å². The summed E-state index contributed by atoms with van der Waals surface area (Å²) in [6.45, 7) is 5.65. The minimum atomic E-state index is -0.643. The van der Waals surface area contributed by atoms with E-state index >= 15 is 0 Å². The van der Waals surface area contributed by atoms with Crippen LogP contribution in [0, 0.1) is 0 Å². The SMILES string of the molecule is CCOC1CC(O)(Cc2nn(CC)c3ccccc23)C1. The van der Waals surface area contributed by atoms with Crippen molar-refractivity contribution in [3.05, 3.63) is 30.0 Å². The van der Waals surface area contributed by atoms with Gasteiger partial charge in [0.05, 0.1) is 22.9 Å². The largest absolute Gasteiger partial charge is 0.389 e. The average Bonchev–Trinajstić information content (AvgIpc) is 2.76. The molecule has 4 heteroatoms. The molecule has 1 fully saturated rings. The summed E-state index contributed by atoms with van der Waals surface area (Å²) in [4.78, 5) is 0. The summed E-state index contributed by atoms with van der Waals surface area (Å²) in [5.41, 5.74) is 1.50. The van der Waals surface area contributed by atoms with E-state index in [0.29, 0.717) is 25.9 Å². The summed E-state index contributed by atoms with van der Waals surface area (Å²) in [6, 6.07) is 8.24. The summed E-state index contributed by atoms with van der Waals surface area (Å²) in [5, 5.41) is 16.4. The van der Waals surface area contributed by atoms with E-state index in [1.54, 1.807) is 0 Å². The van der Waals surface area contributed by atoms with Crippen molar-refractivity contribution < 1.29 is 9.84 Å². The van der Waals surface area contributed by atoms with Crippen LogP contribution in [0.4, 0.5) is 0 Å². The highest BCUT2D eigenvalue weighted by atomic mass is 16.5. The molecule has 0 amide bonds. The number of hydrogen-bond donors (Lipinski definition) is 1. The Bertz CT molecular complexity index is 600. The predicted octanol–water partition coefficient (Wildman–Crippen LogP) is 2.53. The highest BCUT2D eigenvalue weighted by Gasteiger charge is 2.44. The maximum absolute atomic E-state index is 10.6. The van der Waals surface area contributed by atoms with Gasteiger partial charge in [0, 0.05) is 37.8 Å². The van der Waals surface area contributed by atoms with Crippen LogP contribution >= 0.6 is 0 Å². The molecular formula is C16H22N2O2. The van der Waals surface area contributed by atoms with Gasteiger partial charge < -0.3 is 9.84 Å². The maximum Gasteiger partial charge on any atom is 0.0753 e. The van der Waals surface area contributed by atoms with Crippen LogP contribution in [0.15, 0.2) is 24.3 Å². The summed E-state index contributed by atoms with van der Waals surface area (Å²) in [6.07, 6.45) is 2.26. The molecule has 2 aromatic rings. The van der Waals surface area contributed by atoms with Crippen LogP contribution in [0.2, 0.25) is 0 Å². The second-order valence-corrected chi connectivity index (χ2v) is 5.67. The highest BCUT2D eigenvalue weighted by Crippen LogP contribution is 2.38. The Hall–Kier alpha value is -1.39. The Morgan fingerprint density at radius 1 is 1.35 bits per heavy atom. The molecule has 3 rings (SSSR count). The van der Waals surface area contributed by atoms with Gasteiger partial charge in [0.2, 0.25) is 0 Å². The van der Waals surface area contributed by atoms with E-state index < -0.39 is 5.60 Å². The lowest BCUT2D eigenvalue weighted by atomic mass is 9.74. The number of fused-ring (bicyclic) bond motifs is 1. The van der Waals surface area contributed by atoms with Gasteiger partial charge in [0.1, 0.15) is 0 Å². The van der Waals surface area contributed by atoms with E-state index in [4.69, 9.17) is 4.74 Å². The molecule has 1 aliphatic carbocycles. The van der Waals surface area contributed by atoms with Crippen molar-refractivity contribution >= 4 is 10.9 Å². The van der Waals surface area contributed by atoms with E-state index in [-0.39, 0.29) is 6.10 Å². The number of aryl methyl sites for hydroxylation is 1. The van der Waals surface area contributed by atoms with Gasteiger partial charge in [-0.3, -0.25) is 4.68 Å². The number of aliphatic hydroxyl groups is 1. The molecule has 0 spiro atoms. The Kier molecular flexibility index (Phi) is 3.52. The molecule has 0 aliphatic heterocycles. The van der Waals surface area contributed by atoms with Crippen molar-refractivity contribution in [1.82, 2.24) is 9.78 Å². The summed E-state index contributed by atoms with van der Waals surface area (Å²) in [5.74, 6) is 0. The minimum Gasteiger partial charge on any atom is -0.389 e. The van der Waals surface area contributed by atoms with Gasteiger partial charge in [0.25, 0.3) is 0 Å². The maximum atomic E-state index is 10.6. The number of rotatable bonds is 5. The first-order valence-corrected chi connectivity index (χ1v) is 7.43. The summed E-state index contributed by atoms with van der Waals surface area (Å²) in [7, 11) is 0. The van der Waals surface area contributed by atoms with Crippen molar-refractivity contribution in [1.29, 1.82) is 0 Å². The third-order valence-electron chi connectivity index (χ3n) is 4.15. The zero-order valence-electron chi connectivity index (χ0n) is 12.2. The van der Waals surface area contributed by atoms with Crippen LogP contribution in [-0.2, 0) is 17.7 Å². The van der Waals surface area contributed by atoms with E-state index in [1.165, 1.54) is 0 Å². The topological polar surface area (TPSA) is 47.3 Å². The third-order valence-corrected chi connectivity index (χ3v) is 4.15. The van der Waals surface area contributed by atoms with E-state index in [1.807, 2.05) is 23.7 Å². The predicted molar refractivity (Wildman–Crippen MR) is 78.7 cm³/mol. The molecular weight excluding hydrogens is 252 g/mol. The van der Waals surface area contributed by atoms with Crippen molar-refractivity contribution in [3.63, 3.8) is 0 Å². The zero-order valence-corrected chi connectivity index (χ0v) is 12.2. The van der Waals surface area contributed by atoms with Gasteiger partial charge in [-0.25, -0.2) is 0 Å². The standard InChI is InChI=1S/C16H22N2O2/c1-3-18-15-8-6-5-7-13(15)14(17-18)11-16(19)9-12(10-16)20-4-2/h5-8,12,19H,3-4,9-11H2,1-2H3. The Morgan fingerprint density at radius 3 is 2.80 bits per heavy atom. The lowest BCUT2D eigenvalue weighted by Gasteiger charge is -2.43. The lowest BCUT2D eigenvalue weighted by Crippen LogP contribution is -2.50. The fraction of sp³-hybridized carbons (Fsp3) is 0.562. The number of hydrogen-bond acceptors (Lipinski definition) is 3. The van der Waals surface area contributed by atoms with Gasteiger partial charge in [0.15, 0.2) is 0 Å². The molecule has 20 heavy (non-hydrogen) atoms. The lowest BCUT2D eigenvalue weighted by molar-refractivity contribution is -0.136. The van der Waals surface area contributed by atoms with Crippen LogP contribution in [0.5, 0.6) is 0 Å². The molecule has 1 aromatic carbocycles. The van der Waals surface area contributed by atoms with Crippen molar-refractivity contribution in [2.24, 2.45) is 0 Å². The molecule has 1 aliphatic rings. The highest BCUT2D eigenvalue weighted by molar-refractivity contribution is 5.82. The number of nitrogens with zero attached hydrogens (tertiary/aromatic N) is 2. The number of ether oxygens (including phenoxy) is 1. The van der Waals surface area contributed by atoms with Crippen LogP contribution < -0.4 is 0 Å². The molecule has 0 bridgehead atoms. The second kappa shape index (κ2) is 5.19. The summed E-state index contributed by atoms with van der Waals surface area (Å²) < 4.78 is 7.55. The number of benzene rings is 1. The quantitative estimate of drug-likeness (QED) is 0.911. The molecule has 1 N–H and O–H groups in total. The molecule has 4 nitrogen and oxygen atoms in total. The normalized spacial score (nSPS) is 25.9. The van der Waals surface area contributed by atoms with Crippen molar-refractivity contribution in [2.75, 3.05) is 6.61 Å². The smallest absolute Gasteiger partial charge is 0.0753 e. The van der Waals surface area contributed by atoms with Crippen LogP contribution in [0.1, 0.15) is 32.4 Å². The number of aromatic nitrogens is 2. The molecule has 108 valence electrons. The fourth-order valence-electron chi connectivity index (χ4n) is 3.17. The van der Waals surface area contributed by atoms with Crippen molar-refractivity contribution in [2.45, 2.75) is 51.4 Å². The Morgan fingerprint density at radius 2 is 2.10 bits per heavy atom. The molecule has 0 atom stereocenters.